The van der Waals surface area contributed by atoms with Crippen LogP contribution in [0.15, 0.2) is 27.1 Å². The third-order valence-electron chi connectivity index (χ3n) is 3.22. The molecule has 0 saturated heterocycles. The molecule has 1 saturated carbocycles. The lowest BCUT2D eigenvalue weighted by Gasteiger charge is -2.08. The first-order chi connectivity index (χ1) is 9.06. The molecule has 0 radical (unpaired) electrons. The number of halogens is 3. The van der Waals surface area contributed by atoms with Crippen molar-refractivity contribution in [1.29, 1.82) is 0 Å². The van der Waals surface area contributed by atoms with E-state index >= 15 is 0 Å². The van der Waals surface area contributed by atoms with Crippen LogP contribution in [0.5, 0.6) is 0 Å². The highest BCUT2D eigenvalue weighted by Crippen LogP contribution is 2.44. The molecule has 2 aromatic rings. The Labute approximate surface area is 133 Å². The molecule has 19 heavy (non-hydrogen) atoms. The van der Waals surface area contributed by atoms with Crippen LogP contribution in [-0.4, -0.2) is 9.97 Å². The Morgan fingerprint density at radius 2 is 1.95 bits per heavy atom. The van der Waals surface area contributed by atoms with Gasteiger partial charge in [0.25, 0.3) is 0 Å². The first-order valence-corrected chi connectivity index (χ1v) is 8.02. The zero-order chi connectivity index (χ0) is 13.6. The Hall–Kier alpha value is -0.450. The molecule has 98 valence electrons. The summed E-state index contributed by atoms with van der Waals surface area (Å²) in [6.45, 7) is 2.05. The third kappa shape index (κ3) is 2.71. The molecule has 1 heterocycles. The van der Waals surface area contributed by atoms with E-state index in [9.17, 15) is 0 Å². The number of nitrogens with zero attached hydrogens (tertiary/aromatic N) is 2. The smallest absolute Gasteiger partial charge is 0.161 e. The highest BCUT2D eigenvalue weighted by atomic mass is 79.9. The number of rotatable bonds is 2. The molecule has 1 aromatic heterocycles. The molecule has 3 rings (SSSR count). The fraction of sp³-hybridized carbons (Fsp3) is 0.286. The van der Waals surface area contributed by atoms with Gasteiger partial charge in [0.15, 0.2) is 5.82 Å². The summed E-state index contributed by atoms with van der Waals surface area (Å²) in [6.07, 6.45) is 2.37. The van der Waals surface area contributed by atoms with E-state index in [-0.39, 0.29) is 0 Å². The van der Waals surface area contributed by atoms with Crippen molar-refractivity contribution >= 4 is 43.5 Å². The van der Waals surface area contributed by atoms with Gasteiger partial charge >= 0.3 is 0 Å². The van der Waals surface area contributed by atoms with E-state index in [2.05, 4.69) is 54.8 Å². The van der Waals surface area contributed by atoms with Gasteiger partial charge in [-0.2, -0.15) is 0 Å². The van der Waals surface area contributed by atoms with Gasteiger partial charge < -0.3 is 0 Å². The summed E-state index contributed by atoms with van der Waals surface area (Å²) in [5.74, 6) is 1.23. The van der Waals surface area contributed by atoms with Crippen LogP contribution < -0.4 is 0 Å². The van der Waals surface area contributed by atoms with Crippen molar-refractivity contribution in [1.82, 2.24) is 9.97 Å². The number of aromatic nitrogens is 2. The topological polar surface area (TPSA) is 25.8 Å². The van der Waals surface area contributed by atoms with Crippen LogP contribution >= 0.6 is 43.5 Å². The average Bonchev–Trinajstić information content (AvgIpc) is 3.20. The average molecular weight is 403 g/mol. The highest BCUT2D eigenvalue weighted by molar-refractivity contribution is 9.10. The Morgan fingerprint density at radius 3 is 2.58 bits per heavy atom. The quantitative estimate of drug-likeness (QED) is 0.619. The van der Waals surface area contributed by atoms with Crippen molar-refractivity contribution < 1.29 is 0 Å². The number of hydrogen-bond acceptors (Lipinski definition) is 2. The lowest BCUT2D eigenvalue weighted by Crippen LogP contribution is -1.97. The summed E-state index contributed by atoms with van der Waals surface area (Å²) in [7, 11) is 0. The summed E-state index contributed by atoms with van der Waals surface area (Å²) >= 11 is 13.2. The van der Waals surface area contributed by atoms with Crippen LogP contribution in [0, 0.1) is 6.92 Å². The zero-order valence-corrected chi connectivity index (χ0v) is 14.2. The lowest BCUT2D eigenvalue weighted by molar-refractivity contribution is 0.979. The van der Waals surface area contributed by atoms with Gasteiger partial charge in [-0.1, -0.05) is 33.6 Å². The normalized spacial score (nSPS) is 14.7. The molecule has 1 aliphatic carbocycles. The van der Waals surface area contributed by atoms with Crippen molar-refractivity contribution in [2.45, 2.75) is 25.7 Å². The number of hydrogen-bond donors (Lipinski definition) is 0. The minimum absolute atomic E-state index is 0.493. The largest absolute Gasteiger partial charge is 0.231 e. The van der Waals surface area contributed by atoms with Gasteiger partial charge in [0.2, 0.25) is 0 Å². The molecule has 0 amide bonds. The molecule has 0 bridgehead atoms. The molecular formula is C14H11Br2ClN2. The van der Waals surface area contributed by atoms with Gasteiger partial charge in [-0.25, -0.2) is 9.97 Å². The first kappa shape index (κ1) is 13.5. The summed E-state index contributed by atoms with van der Waals surface area (Å²) in [4.78, 5) is 9.06. The van der Waals surface area contributed by atoms with Crippen LogP contribution in [0.3, 0.4) is 0 Å². The van der Waals surface area contributed by atoms with E-state index in [1.807, 2.05) is 12.1 Å². The van der Waals surface area contributed by atoms with Crippen molar-refractivity contribution in [2.24, 2.45) is 0 Å². The van der Waals surface area contributed by atoms with E-state index in [1.54, 1.807) is 0 Å². The van der Waals surface area contributed by atoms with E-state index in [4.69, 9.17) is 11.6 Å². The third-order valence-corrected chi connectivity index (χ3v) is 5.39. The molecule has 0 unspecified atom stereocenters. The molecule has 1 fully saturated rings. The Morgan fingerprint density at radius 1 is 1.21 bits per heavy atom. The Bertz CT molecular complexity index is 654. The Kier molecular flexibility index (Phi) is 3.67. The predicted molar refractivity (Wildman–Crippen MR) is 84.6 cm³/mol. The van der Waals surface area contributed by atoms with Crippen LogP contribution in [0.1, 0.15) is 30.0 Å². The molecule has 0 aliphatic heterocycles. The Balaban J connectivity index is 2.11. The molecular weight excluding hydrogens is 391 g/mol. The first-order valence-electron chi connectivity index (χ1n) is 6.05. The molecule has 0 N–H and O–H groups in total. The fourth-order valence-electron chi connectivity index (χ4n) is 1.98. The van der Waals surface area contributed by atoms with Crippen LogP contribution in [-0.2, 0) is 0 Å². The second kappa shape index (κ2) is 5.15. The maximum Gasteiger partial charge on any atom is 0.161 e. The van der Waals surface area contributed by atoms with Crippen molar-refractivity contribution in [3.63, 3.8) is 0 Å². The van der Waals surface area contributed by atoms with Gasteiger partial charge in [-0.3, -0.25) is 0 Å². The molecule has 1 aliphatic rings. The minimum atomic E-state index is 0.493. The van der Waals surface area contributed by atoms with Gasteiger partial charge in [-0.15, -0.1) is 0 Å². The van der Waals surface area contributed by atoms with Crippen LogP contribution in [0.4, 0.5) is 0 Å². The lowest BCUT2D eigenvalue weighted by atomic mass is 10.1. The maximum atomic E-state index is 6.20. The zero-order valence-electron chi connectivity index (χ0n) is 10.3. The van der Waals surface area contributed by atoms with Crippen molar-refractivity contribution in [3.8, 4) is 11.4 Å². The predicted octanol–water partition coefficient (Wildman–Crippen LogP) is 5.51. The van der Waals surface area contributed by atoms with Gasteiger partial charge in [0.05, 0.1) is 10.2 Å². The molecule has 2 nitrogen and oxygen atoms in total. The van der Waals surface area contributed by atoms with E-state index in [0.29, 0.717) is 16.9 Å². The standard InChI is InChI=1S/C14H11Br2ClN2/c1-7-6-9(4-5-10(7)15)14-18-12(8-2-3-8)11(16)13(17)19-14/h4-6,8H,2-3H2,1H3. The van der Waals surface area contributed by atoms with Crippen LogP contribution in [0.2, 0.25) is 5.15 Å². The minimum Gasteiger partial charge on any atom is -0.231 e. The summed E-state index contributed by atoms with van der Waals surface area (Å²) < 4.78 is 1.93. The highest BCUT2D eigenvalue weighted by Gasteiger charge is 2.29. The molecule has 0 spiro atoms. The second-order valence-corrected chi connectivity index (χ2v) is 6.78. The summed E-state index contributed by atoms with van der Waals surface area (Å²) in [5.41, 5.74) is 3.20. The second-order valence-electron chi connectivity index (χ2n) is 4.78. The maximum absolute atomic E-state index is 6.20. The number of aryl methyl sites for hydroxylation is 1. The SMILES string of the molecule is Cc1cc(-c2nc(Cl)c(Br)c(C3CC3)n2)ccc1Br. The van der Waals surface area contributed by atoms with Crippen LogP contribution in [0.25, 0.3) is 11.4 Å². The number of benzene rings is 1. The van der Waals surface area contributed by atoms with E-state index in [0.717, 1.165) is 25.8 Å². The van der Waals surface area contributed by atoms with Gasteiger partial charge in [-0.05, 0) is 53.4 Å². The molecule has 1 aromatic carbocycles. The van der Waals surface area contributed by atoms with Crippen molar-refractivity contribution in [3.05, 3.63) is 43.6 Å². The fourth-order valence-corrected chi connectivity index (χ4v) is 2.90. The molecule has 5 heteroatoms. The van der Waals surface area contributed by atoms with Gasteiger partial charge in [0.1, 0.15) is 5.15 Å². The van der Waals surface area contributed by atoms with Crippen molar-refractivity contribution in [2.75, 3.05) is 0 Å². The van der Waals surface area contributed by atoms with Gasteiger partial charge in [0, 0.05) is 16.0 Å². The van der Waals surface area contributed by atoms with E-state index < -0.39 is 0 Å². The summed E-state index contributed by atoms with van der Waals surface area (Å²) in [6, 6.07) is 6.09. The molecule has 0 atom stereocenters. The monoisotopic (exact) mass is 400 g/mol. The summed E-state index contributed by atoms with van der Waals surface area (Å²) in [5, 5.41) is 0.493. The van der Waals surface area contributed by atoms with E-state index in [1.165, 1.54) is 12.8 Å².